The Hall–Kier alpha value is -1.69. The van der Waals surface area contributed by atoms with E-state index in [1.165, 1.54) is 30.6 Å². The summed E-state index contributed by atoms with van der Waals surface area (Å²) >= 11 is 1.33. The van der Waals surface area contributed by atoms with Gasteiger partial charge in [-0.15, -0.1) is 16.4 Å². The zero-order chi connectivity index (χ0) is 15.0. The number of hydrogen-bond donors (Lipinski definition) is 2. The highest BCUT2D eigenvalue weighted by atomic mass is 32.1. The van der Waals surface area contributed by atoms with Crippen molar-refractivity contribution in [3.63, 3.8) is 0 Å². The van der Waals surface area contributed by atoms with Gasteiger partial charge in [-0.25, -0.2) is 0 Å². The fraction of sp³-hybridized carbons (Fsp3) is 0.533. The van der Waals surface area contributed by atoms with Gasteiger partial charge in [0.05, 0.1) is 11.4 Å². The van der Waals surface area contributed by atoms with Crippen LogP contribution in [-0.2, 0) is 0 Å². The van der Waals surface area contributed by atoms with Crippen molar-refractivity contribution in [2.45, 2.75) is 52.0 Å². The van der Waals surface area contributed by atoms with Gasteiger partial charge >= 0.3 is 0 Å². The molecule has 0 spiro atoms. The third-order valence-corrected chi connectivity index (χ3v) is 5.37. The summed E-state index contributed by atoms with van der Waals surface area (Å²) in [6.07, 6.45) is 5.78. The van der Waals surface area contributed by atoms with Crippen LogP contribution in [0.2, 0.25) is 0 Å². The number of nitrogens with zero attached hydrogens (tertiary/aromatic N) is 2. The van der Waals surface area contributed by atoms with E-state index in [-0.39, 0.29) is 11.9 Å². The number of carbonyl (C=O) groups excluding carboxylic acids is 1. The molecule has 0 aliphatic heterocycles. The fourth-order valence-electron chi connectivity index (χ4n) is 2.91. The van der Waals surface area contributed by atoms with Crippen LogP contribution in [0.15, 0.2) is 0 Å². The highest BCUT2D eigenvalue weighted by Crippen LogP contribution is 2.35. The van der Waals surface area contributed by atoms with Crippen LogP contribution < -0.4 is 11.1 Å². The van der Waals surface area contributed by atoms with Crippen LogP contribution >= 0.6 is 11.3 Å². The van der Waals surface area contributed by atoms with Crippen LogP contribution in [0.4, 0.5) is 5.69 Å². The molecule has 21 heavy (non-hydrogen) atoms. The first-order valence-corrected chi connectivity index (χ1v) is 8.22. The topological polar surface area (TPSA) is 80.9 Å². The van der Waals surface area contributed by atoms with Crippen molar-refractivity contribution in [2.75, 3.05) is 5.73 Å². The van der Waals surface area contributed by atoms with Gasteiger partial charge in [-0.05, 0) is 32.3 Å². The van der Waals surface area contributed by atoms with E-state index in [9.17, 15) is 4.79 Å². The SMILES string of the molecule is Cc1nnc2sc(C(=O)NC3CCCCC3)c(N)c2c1C. The molecule has 1 amide bonds. The van der Waals surface area contributed by atoms with Crippen LogP contribution in [0.25, 0.3) is 10.2 Å². The Morgan fingerprint density at radius 2 is 1.95 bits per heavy atom. The number of nitrogens with one attached hydrogen (secondary N) is 1. The zero-order valence-electron chi connectivity index (χ0n) is 12.4. The minimum absolute atomic E-state index is 0.0700. The summed E-state index contributed by atoms with van der Waals surface area (Å²) in [4.78, 5) is 13.8. The second-order valence-corrected chi connectivity index (χ2v) is 6.74. The lowest BCUT2D eigenvalue weighted by Crippen LogP contribution is -2.36. The van der Waals surface area contributed by atoms with Crippen LogP contribution in [0.3, 0.4) is 0 Å². The largest absolute Gasteiger partial charge is 0.397 e. The molecular formula is C15H20N4OS. The third-order valence-electron chi connectivity index (χ3n) is 4.28. The summed E-state index contributed by atoms with van der Waals surface area (Å²) in [5.41, 5.74) is 8.60. The van der Waals surface area contributed by atoms with Crippen LogP contribution in [0.5, 0.6) is 0 Å². The average Bonchev–Trinajstić information content (AvgIpc) is 2.82. The molecule has 5 nitrogen and oxygen atoms in total. The summed E-state index contributed by atoms with van der Waals surface area (Å²) < 4.78 is 0. The van der Waals surface area contributed by atoms with E-state index in [1.54, 1.807) is 0 Å². The molecule has 2 heterocycles. The Morgan fingerprint density at radius 1 is 1.24 bits per heavy atom. The molecule has 1 saturated carbocycles. The molecule has 2 aromatic heterocycles. The fourth-order valence-corrected chi connectivity index (χ4v) is 3.91. The first kappa shape index (κ1) is 14.3. The minimum Gasteiger partial charge on any atom is -0.397 e. The Morgan fingerprint density at radius 3 is 2.67 bits per heavy atom. The van der Waals surface area contributed by atoms with Gasteiger partial charge in [0.25, 0.3) is 5.91 Å². The maximum Gasteiger partial charge on any atom is 0.263 e. The van der Waals surface area contributed by atoms with Gasteiger partial charge < -0.3 is 11.1 Å². The van der Waals surface area contributed by atoms with Crippen molar-refractivity contribution in [3.8, 4) is 0 Å². The second kappa shape index (κ2) is 5.60. The lowest BCUT2D eigenvalue weighted by Gasteiger charge is -2.22. The Balaban J connectivity index is 1.91. The number of carbonyl (C=O) groups is 1. The molecule has 1 aliphatic rings. The minimum atomic E-state index is -0.0700. The van der Waals surface area contributed by atoms with E-state index in [4.69, 9.17) is 5.73 Å². The molecule has 1 aliphatic carbocycles. The molecule has 0 bridgehead atoms. The standard InChI is InChI=1S/C15H20N4OS/c1-8-9(2)18-19-15-11(8)12(16)13(21-15)14(20)17-10-6-4-3-5-7-10/h10H,3-7,16H2,1-2H3,(H,17,20). The summed E-state index contributed by atoms with van der Waals surface area (Å²) in [7, 11) is 0. The van der Waals surface area contributed by atoms with Gasteiger partial charge in [-0.2, -0.15) is 5.10 Å². The second-order valence-electron chi connectivity index (χ2n) is 5.74. The molecule has 0 aromatic carbocycles. The number of hydrogen-bond acceptors (Lipinski definition) is 5. The highest BCUT2D eigenvalue weighted by Gasteiger charge is 2.22. The van der Waals surface area contributed by atoms with Gasteiger partial charge in [-0.3, -0.25) is 4.79 Å². The number of fused-ring (bicyclic) bond motifs is 1. The lowest BCUT2D eigenvalue weighted by molar-refractivity contribution is 0.0932. The summed E-state index contributed by atoms with van der Waals surface area (Å²) in [6, 6.07) is 0.282. The number of nitrogens with two attached hydrogens (primary N) is 1. The zero-order valence-corrected chi connectivity index (χ0v) is 13.2. The molecule has 0 atom stereocenters. The molecule has 0 unspecified atom stereocenters. The molecule has 0 radical (unpaired) electrons. The van der Waals surface area contributed by atoms with Crippen molar-refractivity contribution in [1.29, 1.82) is 0 Å². The molecule has 112 valence electrons. The molecule has 2 aromatic rings. The molecule has 3 N–H and O–H groups in total. The van der Waals surface area contributed by atoms with E-state index < -0.39 is 0 Å². The quantitative estimate of drug-likeness (QED) is 0.894. The average molecular weight is 304 g/mol. The van der Waals surface area contributed by atoms with Gasteiger partial charge in [0.1, 0.15) is 9.71 Å². The van der Waals surface area contributed by atoms with E-state index in [1.807, 2.05) is 13.8 Å². The highest BCUT2D eigenvalue weighted by molar-refractivity contribution is 7.21. The van der Waals surface area contributed by atoms with Crippen molar-refractivity contribution in [2.24, 2.45) is 0 Å². The van der Waals surface area contributed by atoms with Gasteiger partial charge in [-0.1, -0.05) is 19.3 Å². The molecule has 3 rings (SSSR count). The van der Waals surface area contributed by atoms with Crippen molar-refractivity contribution in [1.82, 2.24) is 15.5 Å². The molecule has 1 fully saturated rings. The Kier molecular flexibility index (Phi) is 3.80. The van der Waals surface area contributed by atoms with E-state index in [2.05, 4.69) is 15.5 Å². The van der Waals surface area contributed by atoms with Gasteiger partial charge in [0, 0.05) is 11.4 Å². The number of thiophene rings is 1. The Labute approximate surface area is 127 Å². The predicted molar refractivity (Wildman–Crippen MR) is 85.6 cm³/mol. The number of nitrogen functional groups attached to an aromatic ring is 1. The molecular weight excluding hydrogens is 284 g/mol. The predicted octanol–water partition coefficient (Wildman–Crippen LogP) is 2.95. The smallest absolute Gasteiger partial charge is 0.263 e. The first-order valence-electron chi connectivity index (χ1n) is 7.40. The third kappa shape index (κ3) is 2.60. The molecule has 0 saturated heterocycles. The summed E-state index contributed by atoms with van der Waals surface area (Å²) in [6.45, 7) is 3.87. The van der Waals surface area contributed by atoms with E-state index in [0.717, 1.165) is 34.3 Å². The first-order chi connectivity index (χ1) is 10.1. The lowest BCUT2D eigenvalue weighted by atomic mass is 9.95. The van der Waals surface area contributed by atoms with Crippen LogP contribution in [0.1, 0.15) is 53.0 Å². The monoisotopic (exact) mass is 304 g/mol. The van der Waals surface area contributed by atoms with Crippen LogP contribution in [-0.4, -0.2) is 22.1 Å². The Bertz CT molecular complexity index is 689. The van der Waals surface area contributed by atoms with Gasteiger partial charge in [0.15, 0.2) is 0 Å². The van der Waals surface area contributed by atoms with Crippen LogP contribution in [0, 0.1) is 13.8 Å². The maximum absolute atomic E-state index is 12.5. The number of aromatic nitrogens is 2. The van der Waals surface area contributed by atoms with Crippen molar-refractivity contribution >= 4 is 33.1 Å². The number of amides is 1. The van der Waals surface area contributed by atoms with E-state index >= 15 is 0 Å². The number of aryl methyl sites for hydroxylation is 2. The summed E-state index contributed by atoms with van der Waals surface area (Å²) in [5.74, 6) is -0.0700. The summed E-state index contributed by atoms with van der Waals surface area (Å²) in [5, 5.41) is 12.3. The number of anilines is 1. The molecule has 6 heteroatoms. The normalized spacial score (nSPS) is 16.3. The van der Waals surface area contributed by atoms with Gasteiger partial charge in [0.2, 0.25) is 0 Å². The van der Waals surface area contributed by atoms with E-state index in [0.29, 0.717) is 10.6 Å². The van der Waals surface area contributed by atoms with Crippen molar-refractivity contribution < 1.29 is 4.79 Å². The van der Waals surface area contributed by atoms with Crippen molar-refractivity contribution in [3.05, 3.63) is 16.1 Å². The number of rotatable bonds is 2. The maximum atomic E-state index is 12.5.